The summed E-state index contributed by atoms with van der Waals surface area (Å²) in [5.41, 5.74) is 7.81. The van der Waals surface area contributed by atoms with Crippen LogP contribution in [0.2, 0.25) is 0 Å². The highest BCUT2D eigenvalue weighted by molar-refractivity contribution is 5.81. The smallest absolute Gasteiger partial charge is 0.159 e. The average molecular weight is 355 g/mol. The van der Waals surface area contributed by atoms with Crippen molar-refractivity contribution in [2.24, 2.45) is 0 Å². The van der Waals surface area contributed by atoms with E-state index in [9.17, 15) is 4.39 Å². The fourth-order valence-corrected chi connectivity index (χ4v) is 2.29. The van der Waals surface area contributed by atoms with Crippen LogP contribution in [0.4, 0.5) is 33.1 Å². The molecule has 26 heavy (non-hydrogen) atoms. The van der Waals surface area contributed by atoms with E-state index in [2.05, 4.69) is 20.6 Å². The number of halogens is 1. The lowest BCUT2D eigenvalue weighted by Crippen LogP contribution is -2.06. The maximum absolute atomic E-state index is 13.0. The molecule has 0 aliphatic carbocycles. The molecule has 0 aliphatic heterocycles. The lowest BCUT2D eigenvalue weighted by molar-refractivity contribution is 0.395. The number of aromatic nitrogens is 2. The third-order valence-corrected chi connectivity index (χ3v) is 3.65. The Labute approximate surface area is 150 Å². The van der Waals surface area contributed by atoms with Crippen molar-refractivity contribution in [3.8, 4) is 11.5 Å². The van der Waals surface area contributed by atoms with E-state index in [0.717, 1.165) is 0 Å². The molecule has 0 bridgehead atoms. The molecule has 0 atom stereocenters. The molecule has 0 unspecified atom stereocenters. The first kappa shape index (κ1) is 17.3. The van der Waals surface area contributed by atoms with Gasteiger partial charge in [-0.25, -0.2) is 14.4 Å². The first-order valence-electron chi connectivity index (χ1n) is 7.73. The molecule has 134 valence electrons. The molecule has 1 aromatic heterocycles. The Bertz CT molecular complexity index is 903. The number of hydrogen-bond acceptors (Lipinski definition) is 7. The second-order valence-corrected chi connectivity index (χ2v) is 5.31. The fraction of sp³-hybridized carbons (Fsp3) is 0.111. The molecule has 0 saturated carbocycles. The fourth-order valence-electron chi connectivity index (χ4n) is 2.29. The van der Waals surface area contributed by atoms with Crippen molar-refractivity contribution in [1.29, 1.82) is 0 Å². The number of nitrogens with one attached hydrogen (secondary N) is 2. The number of nitrogens with zero attached hydrogens (tertiary/aromatic N) is 2. The zero-order valence-electron chi connectivity index (χ0n) is 14.3. The quantitative estimate of drug-likeness (QED) is 0.620. The first-order valence-corrected chi connectivity index (χ1v) is 7.73. The molecule has 0 aliphatic rings. The number of benzene rings is 2. The van der Waals surface area contributed by atoms with Crippen molar-refractivity contribution >= 4 is 28.7 Å². The van der Waals surface area contributed by atoms with Crippen molar-refractivity contribution in [2.45, 2.75) is 0 Å². The third kappa shape index (κ3) is 3.75. The second-order valence-electron chi connectivity index (χ2n) is 5.31. The molecule has 4 N–H and O–H groups in total. The molecule has 2 aromatic carbocycles. The van der Waals surface area contributed by atoms with Gasteiger partial charge >= 0.3 is 0 Å². The minimum Gasteiger partial charge on any atom is -0.497 e. The standard InChI is InChI=1S/C18H18FN5O2/c1-25-13-7-8-14(15(9-13)26-2)24-18-16(20)17(21-10-22-18)23-12-5-3-11(19)4-6-12/h3-10H,20H2,1-2H3,(H2,21,22,23,24). The van der Waals surface area contributed by atoms with E-state index in [1.165, 1.54) is 18.5 Å². The largest absolute Gasteiger partial charge is 0.497 e. The summed E-state index contributed by atoms with van der Waals surface area (Å²) >= 11 is 0. The molecule has 0 radical (unpaired) electrons. The van der Waals surface area contributed by atoms with Gasteiger partial charge < -0.3 is 25.8 Å². The van der Waals surface area contributed by atoms with Gasteiger partial charge in [-0.05, 0) is 36.4 Å². The Morgan fingerprint density at radius 3 is 2.27 bits per heavy atom. The summed E-state index contributed by atoms with van der Waals surface area (Å²) in [5, 5.41) is 6.16. The van der Waals surface area contributed by atoms with Gasteiger partial charge in [0.15, 0.2) is 11.6 Å². The number of nitrogens with two attached hydrogens (primary N) is 1. The van der Waals surface area contributed by atoms with Crippen LogP contribution in [0, 0.1) is 5.82 Å². The number of methoxy groups -OCH3 is 2. The van der Waals surface area contributed by atoms with E-state index in [-0.39, 0.29) is 5.82 Å². The van der Waals surface area contributed by atoms with Gasteiger partial charge in [0.1, 0.15) is 29.3 Å². The van der Waals surface area contributed by atoms with Crippen LogP contribution in [0.1, 0.15) is 0 Å². The average Bonchev–Trinajstić information content (AvgIpc) is 2.67. The minimum absolute atomic E-state index is 0.315. The molecule has 0 fully saturated rings. The van der Waals surface area contributed by atoms with E-state index in [1.807, 2.05) is 0 Å². The Morgan fingerprint density at radius 2 is 1.62 bits per heavy atom. The molecular weight excluding hydrogens is 337 g/mol. The van der Waals surface area contributed by atoms with E-state index in [0.29, 0.717) is 40.2 Å². The molecule has 0 spiro atoms. The summed E-state index contributed by atoms with van der Waals surface area (Å²) in [7, 11) is 3.14. The van der Waals surface area contributed by atoms with Gasteiger partial charge in [0.25, 0.3) is 0 Å². The molecule has 3 rings (SSSR count). The molecule has 0 amide bonds. The molecule has 0 saturated heterocycles. The summed E-state index contributed by atoms with van der Waals surface area (Å²) < 4.78 is 23.6. The SMILES string of the molecule is COc1ccc(Nc2ncnc(Nc3ccc(F)cc3)c2N)c(OC)c1. The van der Waals surface area contributed by atoms with Gasteiger partial charge in [-0.1, -0.05) is 0 Å². The number of anilines is 5. The highest BCUT2D eigenvalue weighted by atomic mass is 19.1. The number of rotatable bonds is 6. The topological polar surface area (TPSA) is 94.3 Å². The number of hydrogen-bond donors (Lipinski definition) is 3. The normalized spacial score (nSPS) is 10.3. The summed E-state index contributed by atoms with van der Waals surface area (Å²) in [6, 6.07) is 11.2. The van der Waals surface area contributed by atoms with E-state index >= 15 is 0 Å². The zero-order chi connectivity index (χ0) is 18.5. The van der Waals surface area contributed by atoms with Crippen LogP contribution in [0.15, 0.2) is 48.8 Å². The molecular formula is C18H18FN5O2. The highest BCUT2D eigenvalue weighted by Crippen LogP contribution is 2.34. The lowest BCUT2D eigenvalue weighted by atomic mass is 10.2. The van der Waals surface area contributed by atoms with Gasteiger partial charge in [0.05, 0.1) is 19.9 Å². The van der Waals surface area contributed by atoms with Crippen molar-refractivity contribution in [3.63, 3.8) is 0 Å². The van der Waals surface area contributed by atoms with Crippen LogP contribution in [0.5, 0.6) is 11.5 Å². The zero-order valence-corrected chi connectivity index (χ0v) is 14.3. The summed E-state index contributed by atoms with van der Waals surface area (Å²) in [6.45, 7) is 0. The van der Waals surface area contributed by atoms with Crippen LogP contribution in [-0.4, -0.2) is 24.2 Å². The lowest BCUT2D eigenvalue weighted by Gasteiger charge is -2.15. The van der Waals surface area contributed by atoms with Gasteiger partial charge in [-0.15, -0.1) is 0 Å². The van der Waals surface area contributed by atoms with Gasteiger partial charge in [-0.3, -0.25) is 0 Å². The van der Waals surface area contributed by atoms with Gasteiger partial charge in [0, 0.05) is 11.8 Å². The maximum atomic E-state index is 13.0. The highest BCUT2D eigenvalue weighted by Gasteiger charge is 2.12. The monoisotopic (exact) mass is 355 g/mol. The molecule has 3 aromatic rings. The molecule has 1 heterocycles. The summed E-state index contributed by atoms with van der Waals surface area (Å²) in [6.07, 6.45) is 1.38. The van der Waals surface area contributed by atoms with Crippen molar-refractivity contribution < 1.29 is 13.9 Å². The van der Waals surface area contributed by atoms with E-state index in [1.54, 1.807) is 44.6 Å². The van der Waals surface area contributed by atoms with Crippen LogP contribution in [0.3, 0.4) is 0 Å². The molecule has 7 nitrogen and oxygen atoms in total. The van der Waals surface area contributed by atoms with Crippen molar-refractivity contribution in [3.05, 3.63) is 54.6 Å². The first-order chi connectivity index (χ1) is 12.6. The summed E-state index contributed by atoms with van der Waals surface area (Å²) in [5.74, 6) is 1.74. The second kappa shape index (κ2) is 7.56. The van der Waals surface area contributed by atoms with Gasteiger partial charge in [-0.2, -0.15) is 0 Å². The third-order valence-electron chi connectivity index (χ3n) is 3.65. The Morgan fingerprint density at radius 1 is 0.923 bits per heavy atom. The van der Waals surface area contributed by atoms with E-state index in [4.69, 9.17) is 15.2 Å². The summed E-state index contributed by atoms with van der Waals surface area (Å²) in [4.78, 5) is 8.31. The van der Waals surface area contributed by atoms with Crippen LogP contribution in [-0.2, 0) is 0 Å². The van der Waals surface area contributed by atoms with Crippen LogP contribution < -0.4 is 25.8 Å². The van der Waals surface area contributed by atoms with Crippen LogP contribution >= 0.6 is 0 Å². The Balaban J connectivity index is 1.86. The van der Waals surface area contributed by atoms with Crippen molar-refractivity contribution in [2.75, 3.05) is 30.6 Å². The van der Waals surface area contributed by atoms with E-state index < -0.39 is 0 Å². The Kier molecular flexibility index (Phi) is 5.02. The predicted molar refractivity (Wildman–Crippen MR) is 99.0 cm³/mol. The maximum Gasteiger partial charge on any atom is 0.159 e. The minimum atomic E-state index is -0.319. The Hall–Kier alpha value is -3.55. The number of ether oxygens (including phenoxy) is 2. The van der Waals surface area contributed by atoms with Gasteiger partial charge in [0.2, 0.25) is 0 Å². The van der Waals surface area contributed by atoms with Crippen LogP contribution in [0.25, 0.3) is 0 Å². The predicted octanol–water partition coefficient (Wildman–Crippen LogP) is 3.70. The molecule has 8 heteroatoms. The van der Waals surface area contributed by atoms with Crippen molar-refractivity contribution in [1.82, 2.24) is 9.97 Å². The number of nitrogen functional groups attached to an aromatic ring is 1.